The minimum Gasteiger partial charge on any atom is -0.454 e. The Morgan fingerprint density at radius 3 is 3.00 bits per heavy atom. The number of thiophene rings is 1. The second-order valence-corrected chi connectivity index (χ2v) is 9.26. The number of fused-ring (bicyclic) bond motifs is 2. The molecule has 146 valence electrons. The molecule has 10 heteroatoms. The van der Waals surface area contributed by atoms with Crippen molar-refractivity contribution in [1.29, 1.82) is 0 Å². The van der Waals surface area contributed by atoms with Gasteiger partial charge in [-0.25, -0.2) is 4.98 Å². The largest absolute Gasteiger partial charge is 0.454 e. The minimum atomic E-state index is -0.141. The van der Waals surface area contributed by atoms with Crippen molar-refractivity contribution in [1.82, 2.24) is 15.2 Å². The summed E-state index contributed by atoms with van der Waals surface area (Å²) in [6.07, 6.45) is 0. The van der Waals surface area contributed by atoms with E-state index < -0.39 is 0 Å². The van der Waals surface area contributed by atoms with Gasteiger partial charge in [0.25, 0.3) is 0 Å². The van der Waals surface area contributed by atoms with Gasteiger partial charge in [0.15, 0.2) is 11.5 Å². The summed E-state index contributed by atoms with van der Waals surface area (Å²) in [6.45, 7) is 2.16. The van der Waals surface area contributed by atoms with Gasteiger partial charge in [0.2, 0.25) is 12.7 Å². The number of hydrogen-bond acceptors (Lipinski definition) is 9. The number of carbonyl (C=O) groups is 1. The monoisotopic (exact) mass is 442 g/mol. The standard InChI is InChI=1S/C19H14N4O3S3/c1-10-20-17-18(29-10)16(14-3-2-6-27-14)22-23-19(17)28-8-15(24)21-11-4-5-12-13(7-11)26-9-25-12/h2-7H,8-9H2,1H3,(H,21,24). The van der Waals surface area contributed by atoms with Crippen molar-refractivity contribution >= 4 is 56.2 Å². The first-order valence-corrected chi connectivity index (χ1v) is 11.4. The molecule has 3 aromatic heterocycles. The van der Waals surface area contributed by atoms with E-state index in [4.69, 9.17) is 9.47 Å². The summed E-state index contributed by atoms with van der Waals surface area (Å²) in [7, 11) is 0. The normalized spacial score (nSPS) is 12.4. The third-order valence-electron chi connectivity index (χ3n) is 4.14. The van der Waals surface area contributed by atoms with Gasteiger partial charge in [-0.15, -0.1) is 32.9 Å². The minimum absolute atomic E-state index is 0.141. The Kier molecular flexibility index (Phi) is 4.82. The van der Waals surface area contributed by atoms with Crippen LogP contribution in [0.1, 0.15) is 5.01 Å². The number of nitrogens with zero attached hydrogens (tertiary/aromatic N) is 3. The maximum absolute atomic E-state index is 12.4. The van der Waals surface area contributed by atoms with E-state index in [1.165, 1.54) is 11.8 Å². The lowest BCUT2D eigenvalue weighted by Crippen LogP contribution is -2.14. The lowest BCUT2D eigenvalue weighted by Gasteiger charge is -2.06. The Bertz CT molecular complexity index is 1210. The second-order valence-electron chi connectivity index (χ2n) is 6.15. The van der Waals surface area contributed by atoms with Crippen LogP contribution >= 0.6 is 34.4 Å². The third-order valence-corrected chi connectivity index (χ3v) is 6.95. The zero-order chi connectivity index (χ0) is 19.8. The fourth-order valence-corrected chi connectivity index (χ4v) is 5.38. The molecule has 29 heavy (non-hydrogen) atoms. The zero-order valence-electron chi connectivity index (χ0n) is 15.2. The van der Waals surface area contributed by atoms with E-state index in [-0.39, 0.29) is 18.5 Å². The van der Waals surface area contributed by atoms with Crippen molar-refractivity contribution in [2.75, 3.05) is 17.9 Å². The summed E-state index contributed by atoms with van der Waals surface area (Å²) in [5.41, 5.74) is 2.30. The number of rotatable bonds is 5. The number of amides is 1. The highest BCUT2D eigenvalue weighted by Gasteiger charge is 2.18. The molecule has 0 atom stereocenters. The van der Waals surface area contributed by atoms with Crippen molar-refractivity contribution < 1.29 is 14.3 Å². The van der Waals surface area contributed by atoms with E-state index in [0.29, 0.717) is 22.2 Å². The van der Waals surface area contributed by atoms with Gasteiger partial charge in [0.05, 0.1) is 20.3 Å². The SMILES string of the molecule is Cc1nc2c(SCC(=O)Nc3ccc4c(c3)OCO4)nnc(-c3cccs3)c2s1. The van der Waals surface area contributed by atoms with E-state index in [9.17, 15) is 4.79 Å². The van der Waals surface area contributed by atoms with E-state index in [2.05, 4.69) is 20.5 Å². The third kappa shape index (κ3) is 3.66. The summed E-state index contributed by atoms with van der Waals surface area (Å²) < 4.78 is 11.6. The molecule has 0 saturated heterocycles. The number of hydrogen-bond donors (Lipinski definition) is 1. The van der Waals surface area contributed by atoms with Crippen LogP contribution in [0, 0.1) is 6.92 Å². The Balaban J connectivity index is 1.33. The molecular weight excluding hydrogens is 428 g/mol. The topological polar surface area (TPSA) is 86.2 Å². The Labute approximate surface area is 178 Å². The molecule has 0 radical (unpaired) electrons. The smallest absolute Gasteiger partial charge is 0.234 e. The number of nitrogens with one attached hydrogen (secondary N) is 1. The van der Waals surface area contributed by atoms with Gasteiger partial charge in [-0.05, 0) is 30.5 Å². The quantitative estimate of drug-likeness (QED) is 0.453. The lowest BCUT2D eigenvalue weighted by molar-refractivity contribution is -0.113. The Morgan fingerprint density at radius 1 is 1.24 bits per heavy atom. The number of thiazole rings is 1. The fraction of sp³-hybridized carbons (Fsp3) is 0.158. The highest BCUT2D eigenvalue weighted by Crippen LogP contribution is 2.37. The van der Waals surface area contributed by atoms with Crippen molar-refractivity contribution in [2.45, 2.75) is 11.9 Å². The van der Waals surface area contributed by atoms with Crippen LogP contribution in [0.3, 0.4) is 0 Å². The number of ether oxygens (including phenoxy) is 2. The maximum Gasteiger partial charge on any atom is 0.234 e. The van der Waals surface area contributed by atoms with Crippen LogP contribution < -0.4 is 14.8 Å². The second kappa shape index (κ2) is 7.62. The molecule has 1 aliphatic rings. The van der Waals surface area contributed by atoms with Gasteiger partial charge < -0.3 is 14.8 Å². The van der Waals surface area contributed by atoms with E-state index in [0.717, 1.165) is 25.8 Å². The highest BCUT2D eigenvalue weighted by atomic mass is 32.2. The summed E-state index contributed by atoms with van der Waals surface area (Å²) in [5.74, 6) is 1.37. The van der Waals surface area contributed by atoms with Gasteiger partial charge in [-0.2, -0.15) is 0 Å². The number of aryl methyl sites for hydroxylation is 1. The molecule has 0 aliphatic carbocycles. The van der Waals surface area contributed by atoms with Gasteiger partial charge in [0.1, 0.15) is 16.2 Å². The zero-order valence-corrected chi connectivity index (χ0v) is 17.6. The predicted octanol–water partition coefficient (Wildman–Crippen LogP) is 4.58. The Morgan fingerprint density at radius 2 is 2.14 bits per heavy atom. The average molecular weight is 443 g/mol. The molecule has 0 unspecified atom stereocenters. The molecule has 1 aliphatic heterocycles. The van der Waals surface area contributed by atoms with Gasteiger partial charge in [-0.3, -0.25) is 4.79 Å². The number of aromatic nitrogens is 3. The van der Waals surface area contributed by atoms with Crippen LogP contribution in [0.5, 0.6) is 11.5 Å². The average Bonchev–Trinajstić information content (AvgIpc) is 3.45. The van der Waals surface area contributed by atoms with Crippen LogP contribution in [0.2, 0.25) is 0 Å². The lowest BCUT2D eigenvalue weighted by atomic mass is 10.3. The molecule has 7 nitrogen and oxygen atoms in total. The number of carbonyl (C=O) groups excluding carboxylic acids is 1. The molecule has 0 saturated carbocycles. The van der Waals surface area contributed by atoms with Crippen LogP contribution in [-0.4, -0.2) is 33.6 Å². The van der Waals surface area contributed by atoms with E-state index in [1.807, 2.05) is 24.4 Å². The molecule has 1 N–H and O–H groups in total. The van der Waals surface area contributed by atoms with Gasteiger partial charge in [0, 0.05) is 11.8 Å². The predicted molar refractivity (Wildman–Crippen MR) is 115 cm³/mol. The van der Waals surface area contributed by atoms with Crippen molar-refractivity contribution in [2.24, 2.45) is 0 Å². The number of benzene rings is 1. The van der Waals surface area contributed by atoms with Crippen LogP contribution in [0.25, 0.3) is 20.8 Å². The van der Waals surface area contributed by atoms with Gasteiger partial charge >= 0.3 is 0 Å². The van der Waals surface area contributed by atoms with Crippen molar-refractivity contribution in [3.8, 4) is 22.1 Å². The first-order valence-electron chi connectivity index (χ1n) is 8.67. The van der Waals surface area contributed by atoms with Crippen molar-refractivity contribution in [3.05, 3.63) is 40.7 Å². The molecule has 4 heterocycles. The molecule has 0 bridgehead atoms. The van der Waals surface area contributed by atoms with Gasteiger partial charge in [-0.1, -0.05) is 17.8 Å². The van der Waals surface area contributed by atoms with Crippen LogP contribution in [-0.2, 0) is 4.79 Å². The molecular formula is C19H14N4O3S3. The summed E-state index contributed by atoms with van der Waals surface area (Å²) >= 11 is 4.54. The number of anilines is 1. The molecule has 4 aromatic rings. The van der Waals surface area contributed by atoms with Crippen molar-refractivity contribution in [3.63, 3.8) is 0 Å². The fourth-order valence-electron chi connectivity index (χ4n) is 2.90. The molecule has 0 fully saturated rings. The highest BCUT2D eigenvalue weighted by molar-refractivity contribution is 8.00. The van der Waals surface area contributed by atoms with Crippen LogP contribution in [0.4, 0.5) is 5.69 Å². The summed E-state index contributed by atoms with van der Waals surface area (Å²) in [4.78, 5) is 18.1. The molecule has 0 spiro atoms. The summed E-state index contributed by atoms with van der Waals surface area (Å²) in [6, 6.07) is 9.33. The first-order chi connectivity index (χ1) is 14.2. The van der Waals surface area contributed by atoms with E-state index in [1.54, 1.807) is 40.9 Å². The van der Waals surface area contributed by atoms with E-state index >= 15 is 0 Å². The maximum atomic E-state index is 12.4. The molecule has 5 rings (SSSR count). The van der Waals surface area contributed by atoms with Crippen LogP contribution in [0.15, 0.2) is 40.7 Å². The first kappa shape index (κ1) is 18.3. The Hall–Kier alpha value is -2.69. The summed E-state index contributed by atoms with van der Waals surface area (Å²) in [5, 5.41) is 15.2. The molecule has 1 amide bonds. The molecule has 1 aromatic carbocycles. The number of thioether (sulfide) groups is 1.